The lowest BCUT2D eigenvalue weighted by atomic mass is 10.1. The average Bonchev–Trinajstić information content (AvgIpc) is 3.42. The summed E-state index contributed by atoms with van der Waals surface area (Å²) in [7, 11) is 1.72. The van der Waals surface area contributed by atoms with E-state index < -0.39 is 11.8 Å². The van der Waals surface area contributed by atoms with Gasteiger partial charge in [-0.15, -0.1) is 16.9 Å². The fourth-order valence-corrected chi connectivity index (χ4v) is 4.11. The quantitative estimate of drug-likeness (QED) is 0.170. The molecule has 11 heteroatoms. The molecule has 0 fully saturated rings. The number of rotatable bonds is 7. The van der Waals surface area contributed by atoms with Crippen LogP contribution in [0, 0.1) is 0 Å². The number of carbonyl (C=O) groups excluding carboxylic acids is 2. The minimum Gasteiger partial charge on any atom is -0.389 e. The first-order valence-corrected chi connectivity index (χ1v) is 11.8. The highest BCUT2D eigenvalue weighted by Gasteiger charge is 2.37. The van der Waals surface area contributed by atoms with Gasteiger partial charge in [-0.3, -0.25) is 9.59 Å². The number of aromatic nitrogens is 5. The number of benzene rings is 2. The number of thioether (sulfide) groups is 1. The molecule has 2 amide bonds. The number of oxime groups is 1. The summed E-state index contributed by atoms with van der Waals surface area (Å²) in [5, 5.41) is 16.0. The number of aryl methyl sites for hydroxylation is 1. The number of carbonyl (C=O) groups is 2. The van der Waals surface area contributed by atoms with Crippen molar-refractivity contribution in [3.63, 3.8) is 0 Å². The fraction of sp³-hybridized carbons (Fsp3) is 0.125. The number of fused-ring (bicyclic) bond motifs is 1. The van der Waals surface area contributed by atoms with Gasteiger partial charge in [-0.25, -0.2) is 14.6 Å². The normalized spacial score (nSPS) is 13.3. The molecule has 0 radical (unpaired) electrons. The van der Waals surface area contributed by atoms with Crippen LogP contribution in [0.1, 0.15) is 37.8 Å². The third-order valence-electron chi connectivity index (χ3n) is 5.36. The van der Waals surface area contributed by atoms with Crippen molar-refractivity contribution < 1.29 is 14.4 Å². The van der Waals surface area contributed by atoms with E-state index >= 15 is 0 Å². The maximum absolute atomic E-state index is 12.8. The summed E-state index contributed by atoms with van der Waals surface area (Å²) < 4.78 is 1.51. The smallest absolute Gasteiger partial charge is 0.267 e. The van der Waals surface area contributed by atoms with Crippen LogP contribution in [0.4, 0.5) is 5.82 Å². The Morgan fingerprint density at radius 1 is 1.00 bits per heavy atom. The Morgan fingerprint density at radius 3 is 2.43 bits per heavy atom. The highest BCUT2D eigenvalue weighted by molar-refractivity contribution is 7.98. The van der Waals surface area contributed by atoms with Gasteiger partial charge in [0.1, 0.15) is 5.82 Å². The van der Waals surface area contributed by atoms with Crippen molar-refractivity contribution >= 4 is 35.1 Å². The molecule has 35 heavy (non-hydrogen) atoms. The van der Waals surface area contributed by atoms with Crippen LogP contribution in [0.25, 0.3) is 0 Å². The second kappa shape index (κ2) is 9.47. The topological polar surface area (TPSA) is 115 Å². The van der Waals surface area contributed by atoms with Crippen molar-refractivity contribution in [2.45, 2.75) is 11.5 Å². The van der Waals surface area contributed by atoms with Gasteiger partial charge < -0.3 is 4.84 Å². The molecule has 0 spiro atoms. The molecule has 5 rings (SSSR count). The standard InChI is InChI=1S/C24H19N7O3S/c1-30-22(26-28-29-30)21(15-7-5-9-17(13-15)35-2)27-34-14-16-8-6-12-20(25-16)31-23(32)18-10-3-4-11-19(18)24(31)33/h3-13H,14H2,1-2H3/b27-21+. The van der Waals surface area contributed by atoms with Gasteiger partial charge in [0, 0.05) is 17.5 Å². The third-order valence-corrected chi connectivity index (χ3v) is 6.08. The van der Waals surface area contributed by atoms with Gasteiger partial charge in [0.05, 0.1) is 16.8 Å². The predicted octanol–water partition coefficient (Wildman–Crippen LogP) is 3.10. The van der Waals surface area contributed by atoms with Crippen molar-refractivity contribution in [3.8, 4) is 0 Å². The predicted molar refractivity (Wildman–Crippen MR) is 129 cm³/mol. The first-order chi connectivity index (χ1) is 17.1. The molecule has 0 saturated heterocycles. The van der Waals surface area contributed by atoms with E-state index in [1.807, 2.05) is 30.5 Å². The zero-order valence-electron chi connectivity index (χ0n) is 18.8. The molecule has 3 heterocycles. The zero-order valence-corrected chi connectivity index (χ0v) is 19.6. The molecule has 0 aliphatic carbocycles. The molecule has 0 bridgehead atoms. The van der Waals surface area contributed by atoms with Gasteiger partial charge in [0.2, 0.25) is 5.82 Å². The molecule has 174 valence electrons. The number of imide groups is 1. The van der Waals surface area contributed by atoms with Crippen molar-refractivity contribution in [2.75, 3.05) is 11.2 Å². The zero-order chi connectivity index (χ0) is 24.4. The summed E-state index contributed by atoms with van der Waals surface area (Å²) in [5.41, 5.74) is 2.48. The van der Waals surface area contributed by atoms with Crippen LogP contribution in [-0.2, 0) is 18.5 Å². The van der Waals surface area contributed by atoms with E-state index in [0.717, 1.165) is 15.4 Å². The van der Waals surface area contributed by atoms with Crippen LogP contribution in [0.3, 0.4) is 0 Å². The van der Waals surface area contributed by atoms with Gasteiger partial charge in [-0.2, -0.15) is 0 Å². The Kier molecular flexibility index (Phi) is 6.06. The second-order valence-electron chi connectivity index (χ2n) is 7.55. The minimum absolute atomic E-state index is 0.00794. The van der Waals surface area contributed by atoms with E-state index in [-0.39, 0.29) is 12.4 Å². The monoisotopic (exact) mass is 485 g/mol. The third kappa shape index (κ3) is 4.28. The number of tetrazole rings is 1. The van der Waals surface area contributed by atoms with E-state index in [2.05, 4.69) is 25.7 Å². The molecule has 4 aromatic rings. The van der Waals surface area contributed by atoms with Gasteiger partial charge in [-0.1, -0.05) is 35.5 Å². The van der Waals surface area contributed by atoms with E-state index in [1.165, 1.54) is 4.68 Å². The maximum Gasteiger partial charge on any atom is 0.267 e. The molecule has 0 atom stereocenters. The average molecular weight is 486 g/mol. The molecule has 0 unspecified atom stereocenters. The van der Waals surface area contributed by atoms with Gasteiger partial charge in [0.15, 0.2) is 12.3 Å². The Morgan fingerprint density at radius 2 is 1.74 bits per heavy atom. The van der Waals surface area contributed by atoms with Crippen LogP contribution in [0.5, 0.6) is 0 Å². The largest absolute Gasteiger partial charge is 0.389 e. The number of pyridine rings is 1. The molecule has 2 aromatic heterocycles. The molecule has 1 aliphatic heterocycles. The van der Waals surface area contributed by atoms with E-state index in [4.69, 9.17) is 4.84 Å². The highest BCUT2D eigenvalue weighted by Crippen LogP contribution is 2.27. The molecular weight excluding hydrogens is 466 g/mol. The van der Waals surface area contributed by atoms with Crippen LogP contribution in [-0.4, -0.2) is 49.0 Å². The molecular formula is C24H19N7O3S. The van der Waals surface area contributed by atoms with Crippen molar-refractivity contribution in [1.29, 1.82) is 0 Å². The molecule has 10 nitrogen and oxygen atoms in total. The van der Waals surface area contributed by atoms with Crippen LogP contribution in [0.15, 0.2) is 76.8 Å². The Hall–Kier alpha value is -4.38. The number of amides is 2. The summed E-state index contributed by atoms with van der Waals surface area (Å²) in [6, 6.07) is 19.6. The minimum atomic E-state index is -0.403. The summed E-state index contributed by atoms with van der Waals surface area (Å²) in [5.74, 6) is -0.137. The second-order valence-corrected chi connectivity index (χ2v) is 8.43. The molecule has 1 aliphatic rings. The van der Waals surface area contributed by atoms with E-state index in [0.29, 0.717) is 28.4 Å². The Labute approximate surface area is 204 Å². The number of hydrogen-bond acceptors (Lipinski definition) is 9. The highest BCUT2D eigenvalue weighted by atomic mass is 32.2. The SMILES string of the molecule is CSc1cccc(/C(=N\OCc2cccc(N3C(=O)c4ccccc4C3=O)n2)c2nnnn2C)c1. The molecule has 0 saturated carbocycles. The summed E-state index contributed by atoms with van der Waals surface area (Å²) in [6.45, 7) is 0.00794. The van der Waals surface area contributed by atoms with E-state index in [9.17, 15) is 9.59 Å². The lowest BCUT2D eigenvalue weighted by molar-refractivity contribution is 0.0924. The van der Waals surface area contributed by atoms with Gasteiger partial charge >= 0.3 is 0 Å². The summed E-state index contributed by atoms with van der Waals surface area (Å²) >= 11 is 1.61. The Balaban J connectivity index is 1.39. The van der Waals surface area contributed by atoms with Gasteiger partial charge in [-0.05, 0) is 53.1 Å². The van der Waals surface area contributed by atoms with Gasteiger partial charge in [0.25, 0.3) is 11.8 Å². The number of nitrogens with zero attached hydrogens (tertiary/aromatic N) is 7. The number of hydrogen-bond donors (Lipinski definition) is 0. The van der Waals surface area contributed by atoms with Crippen molar-refractivity contribution in [3.05, 3.63) is 94.9 Å². The van der Waals surface area contributed by atoms with Crippen molar-refractivity contribution in [2.24, 2.45) is 12.2 Å². The fourth-order valence-electron chi connectivity index (χ4n) is 3.66. The van der Waals surface area contributed by atoms with E-state index in [1.54, 1.807) is 61.3 Å². The Bertz CT molecular complexity index is 1430. The van der Waals surface area contributed by atoms with Crippen molar-refractivity contribution in [1.82, 2.24) is 25.2 Å². The summed E-state index contributed by atoms with van der Waals surface area (Å²) in [4.78, 5) is 37.8. The first-order valence-electron chi connectivity index (χ1n) is 10.6. The van der Waals surface area contributed by atoms with Crippen LogP contribution in [0.2, 0.25) is 0 Å². The van der Waals surface area contributed by atoms with Crippen LogP contribution >= 0.6 is 11.8 Å². The van der Waals surface area contributed by atoms with Crippen LogP contribution < -0.4 is 4.90 Å². The lowest BCUT2D eigenvalue weighted by Crippen LogP contribution is -2.30. The summed E-state index contributed by atoms with van der Waals surface area (Å²) in [6.07, 6.45) is 1.99. The maximum atomic E-state index is 12.8. The first kappa shape index (κ1) is 22.4. The molecule has 0 N–H and O–H groups in total. The number of anilines is 1. The lowest BCUT2D eigenvalue weighted by Gasteiger charge is -2.13. The molecule has 2 aromatic carbocycles.